The first-order valence-electron chi connectivity index (χ1n) is 6.16. The second-order valence-corrected chi connectivity index (χ2v) is 4.45. The molecule has 0 radical (unpaired) electrons. The van der Waals surface area contributed by atoms with Crippen LogP contribution in [0.1, 0.15) is 16.7 Å². The van der Waals surface area contributed by atoms with Crippen molar-refractivity contribution in [1.82, 2.24) is 10.3 Å². The molecule has 0 spiro atoms. The summed E-state index contributed by atoms with van der Waals surface area (Å²) >= 11 is 0. The number of anilines is 1. The van der Waals surface area contributed by atoms with Crippen LogP contribution >= 0.6 is 0 Å². The molecule has 0 aliphatic heterocycles. The van der Waals surface area contributed by atoms with Crippen molar-refractivity contribution in [1.29, 1.82) is 0 Å². The van der Waals surface area contributed by atoms with E-state index in [1.807, 2.05) is 31.2 Å². The largest absolute Gasteiger partial charge is 0.398 e. The Kier molecular flexibility index (Phi) is 4.13. The standard InChI is InChI=1S/C15H17N3O/c1-11-6-7-17-9-13(11)10-18-15(19)8-12-4-2-3-5-14(12)16/h2-7,9H,8,10,16H2,1H3,(H,18,19). The monoisotopic (exact) mass is 255 g/mol. The normalized spacial score (nSPS) is 10.2. The Morgan fingerprint density at radius 1 is 1.26 bits per heavy atom. The van der Waals surface area contributed by atoms with Crippen LogP contribution in [0.5, 0.6) is 0 Å². The molecule has 2 rings (SSSR count). The third kappa shape index (κ3) is 3.55. The Labute approximate surface area is 112 Å². The molecule has 0 aliphatic rings. The van der Waals surface area contributed by atoms with E-state index >= 15 is 0 Å². The number of hydrogen-bond acceptors (Lipinski definition) is 3. The highest BCUT2D eigenvalue weighted by atomic mass is 16.1. The predicted molar refractivity (Wildman–Crippen MR) is 75.4 cm³/mol. The molecule has 1 heterocycles. The maximum absolute atomic E-state index is 11.9. The molecule has 2 aromatic rings. The maximum atomic E-state index is 11.9. The number of benzene rings is 1. The molecule has 0 atom stereocenters. The topological polar surface area (TPSA) is 68.0 Å². The number of hydrogen-bond donors (Lipinski definition) is 2. The first kappa shape index (κ1) is 13.1. The number of carbonyl (C=O) groups excluding carboxylic acids is 1. The number of rotatable bonds is 4. The first-order valence-corrected chi connectivity index (χ1v) is 6.16. The van der Waals surface area contributed by atoms with Crippen molar-refractivity contribution in [2.75, 3.05) is 5.73 Å². The first-order chi connectivity index (χ1) is 9.16. The summed E-state index contributed by atoms with van der Waals surface area (Å²) in [6, 6.07) is 9.33. The van der Waals surface area contributed by atoms with Crippen molar-refractivity contribution in [3.05, 3.63) is 59.4 Å². The highest BCUT2D eigenvalue weighted by Gasteiger charge is 2.06. The van der Waals surface area contributed by atoms with Gasteiger partial charge < -0.3 is 11.1 Å². The number of para-hydroxylation sites is 1. The lowest BCUT2D eigenvalue weighted by Crippen LogP contribution is -2.25. The lowest BCUT2D eigenvalue weighted by Gasteiger charge is -2.08. The van der Waals surface area contributed by atoms with Gasteiger partial charge in [0, 0.05) is 24.6 Å². The van der Waals surface area contributed by atoms with Gasteiger partial charge in [0.2, 0.25) is 5.91 Å². The van der Waals surface area contributed by atoms with Crippen LogP contribution in [-0.4, -0.2) is 10.9 Å². The van der Waals surface area contributed by atoms with Crippen LogP contribution in [-0.2, 0) is 17.8 Å². The highest BCUT2D eigenvalue weighted by molar-refractivity contribution is 5.80. The minimum absolute atomic E-state index is 0.0406. The predicted octanol–water partition coefficient (Wildman–Crippen LogP) is 1.83. The maximum Gasteiger partial charge on any atom is 0.224 e. The zero-order chi connectivity index (χ0) is 13.7. The fraction of sp³-hybridized carbons (Fsp3) is 0.200. The number of nitrogens with zero attached hydrogens (tertiary/aromatic N) is 1. The van der Waals surface area contributed by atoms with Gasteiger partial charge in [0.05, 0.1) is 6.42 Å². The summed E-state index contributed by atoms with van der Waals surface area (Å²) in [5.41, 5.74) is 9.45. The van der Waals surface area contributed by atoms with Gasteiger partial charge >= 0.3 is 0 Å². The molecule has 3 N–H and O–H groups in total. The third-order valence-corrected chi connectivity index (χ3v) is 3.03. The van der Waals surface area contributed by atoms with Crippen LogP contribution in [0.3, 0.4) is 0 Å². The fourth-order valence-corrected chi connectivity index (χ4v) is 1.81. The summed E-state index contributed by atoms with van der Waals surface area (Å²) < 4.78 is 0. The van der Waals surface area contributed by atoms with E-state index in [0.29, 0.717) is 18.7 Å². The SMILES string of the molecule is Cc1ccncc1CNC(=O)Cc1ccccc1N. The average molecular weight is 255 g/mol. The molecule has 0 aliphatic carbocycles. The molecule has 98 valence electrons. The van der Waals surface area contributed by atoms with Crippen LogP contribution in [0.25, 0.3) is 0 Å². The number of carbonyl (C=O) groups is 1. The summed E-state index contributed by atoms with van der Waals surface area (Å²) in [6.07, 6.45) is 3.81. The Hall–Kier alpha value is -2.36. The van der Waals surface area contributed by atoms with Crippen LogP contribution in [0.2, 0.25) is 0 Å². The summed E-state index contributed by atoms with van der Waals surface area (Å²) in [5.74, 6) is -0.0406. The Bertz CT molecular complexity index is 581. The number of aromatic nitrogens is 1. The fourth-order valence-electron chi connectivity index (χ4n) is 1.81. The Balaban J connectivity index is 1.92. The van der Waals surface area contributed by atoms with Gasteiger partial charge in [-0.05, 0) is 35.7 Å². The van der Waals surface area contributed by atoms with E-state index in [2.05, 4.69) is 10.3 Å². The Morgan fingerprint density at radius 3 is 2.79 bits per heavy atom. The van der Waals surface area contributed by atoms with Gasteiger partial charge in [-0.1, -0.05) is 18.2 Å². The van der Waals surface area contributed by atoms with Gasteiger partial charge in [0.15, 0.2) is 0 Å². The minimum Gasteiger partial charge on any atom is -0.398 e. The van der Waals surface area contributed by atoms with Gasteiger partial charge in [-0.3, -0.25) is 9.78 Å². The Morgan fingerprint density at radius 2 is 2.05 bits per heavy atom. The molecule has 0 fully saturated rings. The molecule has 1 aromatic carbocycles. The average Bonchev–Trinajstić information content (AvgIpc) is 2.40. The molecule has 0 saturated carbocycles. The van der Waals surface area contributed by atoms with Crippen molar-refractivity contribution >= 4 is 11.6 Å². The molecule has 19 heavy (non-hydrogen) atoms. The summed E-state index contributed by atoms with van der Waals surface area (Å²) in [5, 5.41) is 2.88. The molecule has 1 aromatic heterocycles. The van der Waals surface area contributed by atoms with E-state index in [1.165, 1.54) is 0 Å². The van der Waals surface area contributed by atoms with Gasteiger partial charge in [0.1, 0.15) is 0 Å². The third-order valence-electron chi connectivity index (χ3n) is 3.03. The van der Waals surface area contributed by atoms with Crippen molar-refractivity contribution in [3.63, 3.8) is 0 Å². The van der Waals surface area contributed by atoms with Crippen molar-refractivity contribution in [2.24, 2.45) is 0 Å². The summed E-state index contributed by atoms with van der Waals surface area (Å²) in [4.78, 5) is 15.9. The van der Waals surface area contributed by atoms with Gasteiger partial charge in [-0.25, -0.2) is 0 Å². The summed E-state index contributed by atoms with van der Waals surface area (Å²) in [6.45, 7) is 2.49. The van der Waals surface area contributed by atoms with Crippen LogP contribution in [0, 0.1) is 6.92 Å². The number of nitrogens with two attached hydrogens (primary N) is 1. The number of nitrogens with one attached hydrogen (secondary N) is 1. The lowest BCUT2D eigenvalue weighted by molar-refractivity contribution is -0.120. The number of nitrogen functional groups attached to an aromatic ring is 1. The van der Waals surface area contributed by atoms with Crippen LogP contribution < -0.4 is 11.1 Å². The van der Waals surface area contributed by atoms with Crippen molar-refractivity contribution in [2.45, 2.75) is 19.9 Å². The van der Waals surface area contributed by atoms with Gasteiger partial charge in [-0.15, -0.1) is 0 Å². The van der Waals surface area contributed by atoms with Crippen LogP contribution in [0.4, 0.5) is 5.69 Å². The molecule has 0 saturated heterocycles. The number of aryl methyl sites for hydroxylation is 1. The van der Waals surface area contributed by atoms with Gasteiger partial charge in [0.25, 0.3) is 0 Å². The second-order valence-electron chi connectivity index (χ2n) is 4.45. The van der Waals surface area contributed by atoms with Gasteiger partial charge in [-0.2, -0.15) is 0 Å². The molecule has 4 nitrogen and oxygen atoms in total. The molecule has 0 unspecified atom stereocenters. The molecule has 0 bridgehead atoms. The van der Waals surface area contributed by atoms with E-state index in [4.69, 9.17) is 5.73 Å². The van der Waals surface area contributed by atoms with E-state index < -0.39 is 0 Å². The van der Waals surface area contributed by atoms with E-state index in [-0.39, 0.29) is 5.91 Å². The zero-order valence-corrected chi connectivity index (χ0v) is 10.9. The van der Waals surface area contributed by atoms with E-state index in [1.54, 1.807) is 18.5 Å². The van der Waals surface area contributed by atoms with Crippen LogP contribution in [0.15, 0.2) is 42.7 Å². The van der Waals surface area contributed by atoms with E-state index in [0.717, 1.165) is 16.7 Å². The molecule has 1 amide bonds. The quantitative estimate of drug-likeness (QED) is 0.819. The highest BCUT2D eigenvalue weighted by Crippen LogP contribution is 2.11. The summed E-state index contributed by atoms with van der Waals surface area (Å²) in [7, 11) is 0. The number of amides is 1. The second kappa shape index (κ2) is 6.00. The molecular weight excluding hydrogens is 238 g/mol. The lowest BCUT2D eigenvalue weighted by atomic mass is 10.1. The number of pyridine rings is 1. The smallest absolute Gasteiger partial charge is 0.224 e. The van der Waals surface area contributed by atoms with Crippen molar-refractivity contribution < 1.29 is 4.79 Å². The zero-order valence-electron chi connectivity index (χ0n) is 10.9. The molecular formula is C15H17N3O. The minimum atomic E-state index is -0.0406. The van der Waals surface area contributed by atoms with E-state index in [9.17, 15) is 4.79 Å². The van der Waals surface area contributed by atoms with Crippen molar-refractivity contribution in [3.8, 4) is 0 Å². The molecule has 4 heteroatoms.